The van der Waals surface area contributed by atoms with Gasteiger partial charge in [-0.2, -0.15) is 18.3 Å². The summed E-state index contributed by atoms with van der Waals surface area (Å²) in [4.78, 5) is 12.1. The molecule has 0 unspecified atom stereocenters. The summed E-state index contributed by atoms with van der Waals surface area (Å²) in [6.45, 7) is 4.74. The van der Waals surface area contributed by atoms with Gasteiger partial charge in [-0.1, -0.05) is 11.6 Å². The highest BCUT2D eigenvalue weighted by molar-refractivity contribution is 7.19. The molecule has 0 saturated carbocycles. The number of halogens is 4. The van der Waals surface area contributed by atoms with Crippen LogP contribution < -0.4 is 9.47 Å². The summed E-state index contributed by atoms with van der Waals surface area (Å²) in [6, 6.07) is 2.69. The van der Waals surface area contributed by atoms with Crippen LogP contribution in [0.15, 0.2) is 12.1 Å². The second-order valence-electron chi connectivity index (χ2n) is 6.20. The Morgan fingerprint density at radius 1 is 1.32 bits per heavy atom. The Bertz CT molecular complexity index is 1070. The van der Waals surface area contributed by atoms with Gasteiger partial charge >= 0.3 is 12.1 Å². The van der Waals surface area contributed by atoms with E-state index in [1.807, 2.05) is 6.92 Å². The summed E-state index contributed by atoms with van der Waals surface area (Å²) < 4.78 is 51.3. The van der Waals surface area contributed by atoms with Crippen LogP contribution >= 0.6 is 22.9 Å². The number of thiophene rings is 1. The van der Waals surface area contributed by atoms with E-state index in [-0.39, 0.29) is 12.3 Å². The topological polar surface area (TPSA) is 53.4 Å². The number of esters is 1. The first-order valence-corrected chi connectivity index (χ1v) is 9.32. The molecule has 0 aliphatic rings. The minimum Gasteiger partial charge on any atom is -0.487 e. The molecule has 0 spiro atoms. The minimum absolute atomic E-state index is 0.108. The van der Waals surface area contributed by atoms with E-state index in [1.165, 1.54) is 25.3 Å². The number of fused-ring (bicyclic) bond motifs is 1. The maximum Gasteiger partial charge on any atom is 0.435 e. The van der Waals surface area contributed by atoms with Gasteiger partial charge in [-0.05, 0) is 26.0 Å². The average molecular weight is 433 g/mol. The van der Waals surface area contributed by atoms with Gasteiger partial charge in [0.05, 0.1) is 16.1 Å². The van der Waals surface area contributed by atoms with Crippen LogP contribution in [-0.2, 0) is 24.6 Å². The standard InChI is InChI=1S/C18H16ClF3N2O3S/c1-8-12(26-7-11-5-14(18(20,21)22)23-24(11)4)6-13-15(16(8)19)17(9(2)28-13)27-10(3)25/h5-6H,7H2,1-4H3. The third kappa shape index (κ3) is 3.81. The van der Waals surface area contributed by atoms with E-state index in [4.69, 9.17) is 21.1 Å². The molecule has 3 rings (SSSR count). The Hall–Kier alpha value is -2.26. The lowest BCUT2D eigenvalue weighted by atomic mass is 10.1. The van der Waals surface area contributed by atoms with Crippen LogP contribution in [-0.4, -0.2) is 15.7 Å². The van der Waals surface area contributed by atoms with Gasteiger partial charge in [-0.25, -0.2) is 0 Å². The Labute approximate surface area is 167 Å². The van der Waals surface area contributed by atoms with Crippen molar-refractivity contribution in [3.8, 4) is 11.5 Å². The third-order valence-electron chi connectivity index (χ3n) is 4.13. The molecule has 0 amide bonds. The van der Waals surface area contributed by atoms with Gasteiger partial charge in [0.1, 0.15) is 12.4 Å². The molecule has 0 saturated heterocycles. The highest BCUT2D eigenvalue weighted by Crippen LogP contribution is 2.45. The maximum atomic E-state index is 12.8. The van der Waals surface area contributed by atoms with Crippen LogP contribution in [0.3, 0.4) is 0 Å². The smallest absolute Gasteiger partial charge is 0.435 e. The Balaban J connectivity index is 1.94. The Kier molecular flexibility index (Phi) is 5.33. The SMILES string of the molecule is CC(=O)Oc1c(C)sc2cc(OCc3cc(C(F)(F)F)nn3C)c(C)c(Cl)c12. The molecule has 0 atom stereocenters. The number of nitrogens with zero attached hydrogens (tertiary/aromatic N) is 2. The monoisotopic (exact) mass is 432 g/mol. The van der Waals surface area contributed by atoms with Crippen LogP contribution in [0.25, 0.3) is 10.1 Å². The van der Waals surface area contributed by atoms with E-state index in [0.29, 0.717) is 27.5 Å². The Morgan fingerprint density at radius 3 is 2.57 bits per heavy atom. The zero-order valence-electron chi connectivity index (χ0n) is 15.4. The highest BCUT2D eigenvalue weighted by Gasteiger charge is 2.34. The van der Waals surface area contributed by atoms with E-state index in [2.05, 4.69) is 5.10 Å². The van der Waals surface area contributed by atoms with Crippen molar-refractivity contribution in [2.24, 2.45) is 7.05 Å². The van der Waals surface area contributed by atoms with Gasteiger partial charge in [-0.15, -0.1) is 11.3 Å². The molecule has 1 aromatic carbocycles. The molecule has 5 nitrogen and oxygen atoms in total. The number of aromatic nitrogens is 2. The average Bonchev–Trinajstić information content (AvgIpc) is 3.10. The first-order chi connectivity index (χ1) is 13.0. The largest absolute Gasteiger partial charge is 0.487 e. The summed E-state index contributed by atoms with van der Waals surface area (Å²) in [5.41, 5.74) is -0.108. The number of ether oxygens (including phenoxy) is 2. The Morgan fingerprint density at radius 2 is 2.00 bits per heavy atom. The summed E-state index contributed by atoms with van der Waals surface area (Å²) in [7, 11) is 1.42. The predicted octanol–water partition coefficient (Wildman–Crippen LogP) is 5.43. The number of hydrogen-bond donors (Lipinski definition) is 0. The zero-order valence-corrected chi connectivity index (χ0v) is 17.0. The molecule has 0 N–H and O–H groups in total. The fraction of sp³-hybridized carbons (Fsp3) is 0.333. The first-order valence-electron chi connectivity index (χ1n) is 8.12. The number of carbonyl (C=O) groups excluding carboxylic acids is 1. The fourth-order valence-electron chi connectivity index (χ4n) is 2.73. The second-order valence-corrected chi connectivity index (χ2v) is 7.83. The van der Waals surface area contributed by atoms with Crippen molar-refractivity contribution in [1.82, 2.24) is 9.78 Å². The number of benzene rings is 1. The van der Waals surface area contributed by atoms with Gasteiger partial charge in [0.25, 0.3) is 0 Å². The van der Waals surface area contributed by atoms with Crippen molar-refractivity contribution in [2.45, 2.75) is 33.6 Å². The van der Waals surface area contributed by atoms with Crippen LogP contribution in [0.2, 0.25) is 5.02 Å². The molecule has 2 aromatic heterocycles. The van der Waals surface area contributed by atoms with Crippen LogP contribution in [0.4, 0.5) is 13.2 Å². The molecular weight excluding hydrogens is 417 g/mol. The summed E-state index contributed by atoms with van der Waals surface area (Å²) in [5, 5.41) is 4.45. The molecular formula is C18H16ClF3N2O3S. The first kappa shape index (κ1) is 20.5. The zero-order chi connectivity index (χ0) is 20.8. The molecule has 3 aromatic rings. The minimum atomic E-state index is -4.52. The van der Waals surface area contributed by atoms with Crippen molar-refractivity contribution < 1.29 is 27.4 Å². The molecule has 28 heavy (non-hydrogen) atoms. The summed E-state index contributed by atoms with van der Waals surface area (Å²) in [6.07, 6.45) is -4.52. The van der Waals surface area contributed by atoms with E-state index >= 15 is 0 Å². The molecule has 2 heterocycles. The second kappa shape index (κ2) is 7.29. The van der Waals surface area contributed by atoms with Crippen molar-refractivity contribution >= 4 is 39.0 Å². The molecule has 0 radical (unpaired) electrons. The quantitative estimate of drug-likeness (QED) is 0.516. The molecule has 0 aliphatic heterocycles. The normalized spacial score (nSPS) is 11.9. The maximum absolute atomic E-state index is 12.8. The molecule has 10 heteroatoms. The van der Waals surface area contributed by atoms with Gasteiger partial charge in [0.15, 0.2) is 11.4 Å². The van der Waals surface area contributed by atoms with Crippen LogP contribution in [0.5, 0.6) is 11.5 Å². The molecule has 0 aliphatic carbocycles. The van der Waals surface area contributed by atoms with Crippen LogP contribution in [0.1, 0.15) is 28.8 Å². The number of alkyl halides is 3. The lowest BCUT2D eigenvalue weighted by molar-refractivity contribution is -0.141. The number of rotatable bonds is 4. The van der Waals surface area contributed by atoms with Gasteiger partial charge in [-0.3, -0.25) is 9.48 Å². The molecule has 150 valence electrons. The van der Waals surface area contributed by atoms with E-state index in [9.17, 15) is 18.0 Å². The van der Waals surface area contributed by atoms with Crippen molar-refractivity contribution in [2.75, 3.05) is 0 Å². The van der Waals surface area contributed by atoms with E-state index in [1.54, 1.807) is 13.0 Å². The lowest BCUT2D eigenvalue weighted by Crippen LogP contribution is -2.06. The van der Waals surface area contributed by atoms with Crippen molar-refractivity contribution in [3.63, 3.8) is 0 Å². The van der Waals surface area contributed by atoms with E-state index < -0.39 is 17.8 Å². The van der Waals surface area contributed by atoms with Gasteiger partial charge in [0, 0.05) is 29.1 Å². The van der Waals surface area contributed by atoms with Crippen LogP contribution in [0, 0.1) is 13.8 Å². The number of aryl methyl sites for hydroxylation is 2. The predicted molar refractivity (Wildman–Crippen MR) is 100 cm³/mol. The van der Waals surface area contributed by atoms with Gasteiger partial charge < -0.3 is 9.47 Å². The fourth-order valence-corrected chi connectivity index (χ4v) is 4.10. The number of hydrogen-bond acceptors (Lipinski definition) is 5. The van der Waals surface area contributed by atoms with Crippen molar-refractivity contribution in [1.29, 1.82) is 0 Å². The molecule has 0 bridgehead atoms. The highest BCUT2D eigenvalue weighted by atomic mass is 35.5. The third-order valence-corrected chi connectivity index (χ3v) is 5.63. The van der Waals surface area contributed by atoms with Gasteiger partial charge in [0.2, 0.25) is 0 Å². The van der Waals surface area contributed by atoms with E-state index in [0.717, 1.165) is 20.3 Å². The summed E-state index contributed by atoms with van der Waals surface area (Å²) in [5.74, 6) is 0.394. The molecule has 0 fully saturated rings. The number of carbonyl (C=O) groups is 1. The lowest BCUT2D eigenvalue weighted by Gasteiger charge is -2.12. The summed E-state index contributed by atoms with van der Waals surface area (Å²) >= 11 is 7.86. The van der Waals surface area contributed by atoms with Crippen molar-refractivity contribution in [3.05, 3.63) is 39.0 Å².